The minimum atomic E-state index is -0.310. The highest BCUT2D eigenvalue weighted by Crippen LogP contribution is 2.55. The summed E-state index contributed by atoms with van der Waals surface area (Å²) >= 11 is 1.88. The molecule has 11 aromatic rings. The molecule has 0 N–H and O–H groups in total. The Morgan fingerprint density at radius 1 is 0.426 bits per heavy atom. The SMILES string of the molecule is CC1(c2ccccc2)c2ccccc2-c2ccc(-c3ccccc3N(c3cccc(-c4cccc5sc6ccccc6c45)c3)c3ccccc3-c3cccc4cccc(C5CCCCC5)c34)cc21. The first-order valence-corrected chi connectivity index (χ1v) is 25.3. The zero-order chi connectivity index (χ0) is 45.2. The first-order valence-electron chi connectivity index (χ1n) is 24.4. The molecule has 0 spiro atoms. The second-order valence-corrected chi connectivity index (χ2v) is 20.2. The van der Waals surface area contributed by atoms with E-state index in [0.717, 1.165) is 17.1 Å². The number of thiophene rings is 1. The molecule has 0 radical (unpaired) electrons. The first-order chi connectivity index (χ1) is 33.6. The van der Waals surface area contributed by atoms with Gasteiger partial charge in [0.2, 0.25) is 0 Å². The molecule has 2 heteroatoms. The third-order valence-electron chi connectivity index (χ3n) is 15.4. The largest absolute Gasteiger partial charge is 0.309 e. The lowest BCUT2D eigenvalue weighted by atomic mass is 9.74. The van der Waals surface area contributed by atoms with E-state index in [1.54, 1.807) is 0 Å². The molecule has 1 saturated carbocycles. The first kappa shape index (κ1) is 40.7. The molecule has 1 nitrogen and oxygen atoms in total. The van der Waals surface area contributed by atoms with Gasteiger partial charge in [-0.25, -0.2) is 0 Å². The molecule has 2 aliphatic carbocycles. The molecule has 0 saturated heterocycles. The minimum absolute atomic E-state index is 0.310. The summed E-state index contributed by atoms with van der Waals surface area (Å²) in [5, 5.41) is 5.34. The number of hydrogen-bond donors (Lipinski definition) is 0. The zero-order valence-corrected chi connectivity index (χ0v) is 39.1. The smallest absolute Gasteiger partial charge is 0.0540 e. The van der Waals surface area contributed by atoms with E-state index in [1.165, 1.54) is 130 Å². The van der Waals surface area contributed by atoms with Crippen LogP contribution in [0, 0.1) is 0 Å². The van der Waals surface area contributed by atoms with Crippen molar-refractivity contribution in [2.75, 3.05) is 4.90 Å². The van der Waals surface area contributed by atoms with Gasteiger partial charge in [-0.15, -0.1) is 11.3 Å². The van der Waals surface area contributed by atoms with Gasteiger partial charge in [0.25, 0.3) is 0 Å². The minimum Gasteiger partial charge on any atom is -0.309 e. The van der Waals surface area contributed by atoms with Gasteiger partial charge >= 0.3 is 0 Å². The standard InChI is InChI=1S/C66H51NS/c1-66(48-25-6-3-7-26-48)58-35-12-8-29-53(58)54-41-40-47(43-59(54)66)50-28-9-13-36-60(50)67(49-27-16-24-46(42-49)52-33-19-39-63-65(52)57-31-11-15-38-62(57)68-63)61-37-14-10-30-55(61)56-34-18-23-45-22-17-32-51(64(45)56)44-20-4-2-5-21-44/h3,6-19,22-44H,2,4-5,20-21H2,1H3. The molecule has 68 heavy (non-hydrogen) atoms. The van der Waals surface area contributed by atoms with E-state index >= 15 is 0 Å². The maximum atomic E-state index is 2.56. The van der Waals surface area contributed by atoms with Crippen LogP contribution in [0.5, 0.6) is 0 Å². The average molecular weight is 890 g/mol. The van der Waals surface area contributed by atoms with Crippen LogP contribution in [0.1, 0.15) is 67.2 Å². The van der Waals surface area contributed by atoms with Crippen molar-refractivity contribution in [2.24, 2.45) is 0 Å². The van der Waals surface area contributed by atoms with Crippen LogP contribution in [0.15, 0.2) is 224 Å². The van der Waals surface area contributed by atoms with Gasteiger partial charge in [-0.1, -0.05) is 201 Å². The van der Waals surface area contributed by atoms with Gasteiger partial charge in [0, 0.05) is 42.4 Å². The molecule has 1 unspecified atom stereocenters. The molecule has 326 valence electrons. The maximum Gasteiger partial charge on any atom is 0.0540 e. The topological polar surface area (TPSA) is 3.24 Å². The molecule has 0 amide bonds. The summed E-state index contributed by atoms with van der Waals surface area (Å²) < 4.78 is 2.63. The number of benzene rings is 10. The van der Waals surface area contributed by atoms with Gasteiger partial charge in [0.15, 0.2) is 0 Å². The van der Waals surface area contributed by atoms with Gasteiger partial charge in [-0.2, -0.15) is 0 Å². The highest BCUT2D eigenvalue weighted by molar-refractivity contribution is 7.25. The van der Waals surface area contributed by atoms with Crippen molar-refractivity contribution in [1.82, 2.24) is 0 Å². The van der Waals surface area contributed by atoms with Gasteiger partial charge in [-0.3, -0.25) is 0 Å². The average Bonchev–Trinajstić information content (AvgIpc) is 3.92. The Hall–Kier alpha value is -7.52. The van der Waals surface area contributed by atoms with Crippen LogP contribution in [0.25, 0.3) is 75.5 Å². The van der Waals surface area contributed by atoms with Gasteiger partial charge in [-0.05, 0) is 135 Å². The van der Waals surface area contributed by atoms with Crippen molar-refractivity contribution in [3.8, 4) is 44.5 Å². The Morgan fingerprint density at radius 2 is 1.04 bits per heavy atom. The Labute approximate surface area is 403 Å². The van der Waals surface area contributed by atoms with Gasteiger partial charge < -0.3 is 4.90 Å². The Kier molecular flexibility index (Phi) is 9.98. The number of fused-ring (bicyclic) bond motifs is 7. The van der Waals surface area contributed by atoms with E-state index < -0.39 is 0 Å². The molecule has 1 heterocycles. The lowest BCUT2D eigenvalue weighted by molar-refractivity contribution is 0.445. The van der Waals surface area contributed by atoms with E-state index in [2.05, 4.69) is 236 Å². The highest BCUT2D eigenvalue weighted by Gasteiger charge is 2.41. The second-order valence-electron chi connectivity index (χ2n) is 19.1. The lowest BCUT2D eigenvalue weighted by Gasteiger charge is -2.31. The monoisotopic (exact) mass is 889 g/mol. The van der Waals surface area contributed by atoms with E-state index in [9.17, 15) is 0 Å². The van der Waals surface area contributed by atoms with Crippen LogP contribution in [0.2, 0.25) is 0 Å². The Bertz CT molecular complexity index is 3700. The fourth-order valence-electron chi connectivity index (χ4n) is 12.1. The van der Waals surface area contributed by atoms with Crippen molar-refractivity contribution >= 4 is 59.3 Å². The number of para-hydroxylation sites is 2. The summed E-state index contributed by atoms with van der Waals surface area (Å²) in [4.78, 5) is 2.56. The van der Waals surface area contributed by atoms with Crippen LogP contribution in [-0.4, -0.2) is 0 Å². The quantitative estimate of drug-likeness (QED) is 0.147. The van der Waals surface area contributed by atoms with Crippen LogP contribution >= 0.6 is 11.3 Å². The fourth-order valence-corrected chi connectivity index (χ4v) is 13.3. The summed E-state index contributed by atoms with van der Waals surface area (Å²) in [7, 11) is 0. The van der Waals surface area contributed by atoms with Crippen molar-refractivity contribution in [3.63, 3.8) is 0 Å². The molecule has 1 aromatic heterocycles. The predicted octanol–water partition coefficient (Wildman–Crippen LogP) is 19.1. The molecule has 0 bridgehead atoms. The van der Waals surface area contributed by atoms with Crippen molar-refractivity contribution < 1.29 is 0 Å². The number of anilines is 3. The number of hydrogen-bond acceptors (Lipinski definition) is 2. The van der Waals surface area contributed by atoms with Crippen LogP contribution in [0.4, 0.5) is 17.1 Å². The van der Waals surface area contributed by atoms with Crippen molar-refractivity contribution in [3.05, 3.63) is 247 Å². The van der Waals surface area contributed by atoms with E-state index in [0.29, 0.717) is 5.92 Å². The maximum absolute atomic E-state index is 2.56. The fraction of sp³-hybridized carbons (Fsp3) is 0.121. The summed E-state index contributed by atoms with van der Waals surface area (Å²) in [6.45, 7) is 2.42. The molecule has 1 fully saturated rings. The third-order valence-corrected chi connectivity index (χ3v) is 16.5. The molecule has 10 aromatic carbocycles. The van der Waals surface area contributed by atoms with E-state index in [1.807, 2.05) is 11.3 Å². The highest BCUT2D eigenvalue weighted by atomic mass is 32.1. The van der Waals surface area contributed by atoms with Crippen LogP contribution in [0.3, 0.4) is 0 Å². The molecule has 1 atom stereocenters. The number of nitrogens with zero attached hydrogens (tertiary/aromatic N) is 1. The summed E-state index contributed by atoms with van der Waals surface area (Å²) in [6, 6.07) is 84.5. The van der Waals surface area contributed by atoms with Gasteiger partial charge in [0.05, 0.1) is 11.4 Å². The molecular formula is C66H51NS. The molecular weight excluding hydrogens is 839 g/mol. The van der Waals surface area contributed by atoms with Crippen LogP contribution < -0.4 is 4.90 Å². The number of rotatable bonds is 8. The van der Waals surface area contributed by atoms with E-state index in [4.69, 9.17) is 0 Å². The second kappa shape index (κ2) is 16.7. The van der Waals surface area contributed by atoms with Crippen molar-refractivity contribution in [2.45, 2.75) is 50.4 Å². The Morgan fingerprint density at radius 3 is 1.90 bits per heavy atom. The summed E-state index contributed by atoms with van der Waals surface area (Å²) in [5.41, 5.74) is 18.6. The third kappa shape index (κ3) is 6.57. The molecule has 0 aliphatic heterocycles. The van der Waals surface area contributed by atoms with Gasteiger partial charge in [0.1, 0.15) is 0 Å². The molecule has 13 rings (SSSR count). The lowest BCUT2D eigenvalue weighted by Crippen LogP contribution is -2.22. The predicted molar refractivity (Wildman–Crippen MR) is 291 cm³/mol. The van der Waals surface area contributed by atoms with Crippen LogP contribution in [-0.2, 0) is 5.41 Å². The van der Waals surface area contributed by atoms with Crippen molar-refractivity contribution in [1.29, 1.82) is 0 Å². The zero-order valence-electron chi connectivity index (χ0n) is 38.3. The van der Waals surface area contributed by atoms with E-state index in [-0.39, 0.29) is 5.41 Å². The molecule has 2 aliphatic rings. The normalized spacial score (nSPS) is 15.7. The Balaban J connectivity index is 1.05. The summed E-state index contributed by atoms with van der Waals surface area (Å²) in [5.74, 6) is 0.567. The summed E-state index contributed by atoms with van der Waals surface area (Å²) in [6.07, 6.45) is 6.44.